The van der Waals surface area contributed by atoms with Crippen LogP contribution in [0.25, 0.3) is 0 Å². The Bertz CT molecular complexity index is 136. The van der Waals surface area contributed by atoms with Gasteiger partial charge in [-0.15, -0.1) is 0 Å². The van der Waals surface area contributed by atoms with Crippen molar-refractivity contribution >= 4 is 5.78 Å². The lowest BCUT2D eigenvalue weighted by Gasteiger charge is -2.18. The molecule has 0 aliphatic rings. The maximum absolute atomic E-state index is 10.7. The van der Waals surface area contributed by atoms with Crippen LogP contribution in [-0.4, -0.2) is 16.5 Å². The highest BCUT2D eigenvalue weighted by Gasteiger charge is 2.19. The number of hydrogen-bond donors (Lipinski definition) is 1. The number of carbonyl (C=O) groups is 1. The molecule has 2 heteroatoms. The van der Waals surface area contributed by atoms with Crippen LogP contribution in [0, 0.1) is 0 Å². The van der Waals surface area contributed by atoms with E-state index in [-0.39, 0.29) is 12.2 Å². The van der Waals surface area contributed by atoms with Crippen LogP contribution >= 0.6 is 0 Å². The molecule has 0 aromatic rings. The van der Waals surface area contributed by atoms with E-state index >= 15 is 0 Å². The molecule has 0 saturated heterocycles. The summed E-state index contributed by atoms with van der Waals surface area (Å²) in [5.74, 6) is -0.105. The van der Waals surface area contributed by atoms with Crippen LogP contribution in [0.2, 0.25) is 0 Å². The summed E-state index contributed by atoms with van der Waals surface area (Å²) in [6, 6.07) is 0. The summed E-state index contributed by atoms with van der Waals surface area (Å²) >= 11 is 0. The average Bonchev–Trinajstić information content (AvgIpc) is 1.87. The normalized spacial score (nSPS) is 15.9. The molecule has 0 aliphatic carbocycles. The Morgan fingerprint density at radius 2 is 2.30 bits per heavy atom. The van der Waals surface area contributed by atoms with Crippen molar-refractivity contribution in [1.29, 1.82) is 0 Å². The number of allylic oxidation sites excluding steroid dienone is 1. The first kappa shape index (κ1) is 9.37. The molecule has 0 heterocycles. The van der Waals surface area contributed by atoms with Gasteiger partial charge in [-0.3, -0.25) is 4.79 Å². The van der Waals surface area contributed by atoms with Gasteiger partial charge in [0.1, 0.15) is 0 Å². The molecule has 1 N–H and O–H groups in total. The molecule has 1 atom stereocenters. The Morgan fingerprint density at radius 1 is 1.80 bits per heavy atom. The Labute approximate surface area is 61.6 Å². The Morgan fingerprint density at radius 3 is 2.60 bits per heavy atom. The third-order valence-corrected chi connectivity index (χ3v) is 1.54. The first-order chi connectivity index (χ1) is 4.52. The van der Waals surface area contributed by atoms with Crippen LogP contribution < -0.4 is 0 Å². The molecular formula is C8H14O2. The highest BCUT2D eigenvalue weighted by Crippen LogP contribution is 2.13. The molecule has 2 nitrogen and oxygen atoms in total. The smallest absolute Gasteiger partial charge is 0.157 e. The molecule has 0 rings (SSSR count). The molecule has 0 amide bonds. The molecule has 1 unspecified atom stereocenters. The van der Waals surface area contributed by atoms with Crippen LogP contribution in [0.1, 0.15) is 26.7 Å². The molecule has 10 heavy (non-hydrogen) atoms. The van der Waals surface area contributed by atoms with Crippen LogP contribution in [-0.2, 0) is 4.79 Å². The standard InChI is InChI=1S/C8H14O2/c1-4-7(9)6-8(3,10)5-2/h4,10H,1,5-6H2,2-3H3. The molecule has 0 fully saturated rings. The minimum Gasteiger partial charge on any atom is -0.390 e. The van der Waals surface area contributed by atoms with Crippen molar-refractivity contribution in [2.24, 2.45) is 0 Å². The SMILES string of the molecule is C=CC(=O)CC(C)(O)CC. The van der Waals surface area contributed by atoms with Crippen molar-refractivity contribution in [2.75, 3.05) is 0 Å². The minimum absolute atomic E-state index is 0.105. The van der Waals surface area contributed by atoms with Gasteiger partial charge in [0.25, 0.3) is 0 Å². The molecule has 0 aromatic heterocycles. The lowest BCUT2D eigenvalue weighted by atomic mass is 9.97. The first-order valence-corrected chi connectivity index (χ1v) is 3.39. The van der Waals surface area contributed by atoms with E-state index in [9.17, 15) is 9.90 Å². The highest BCUT2D eigenvalue weighted by molar-refractivity contribution is 5.89. The maximum Gasteiger partial charge on any atom is 0.157 e. The second-order valence-electron chi connectivity index (χ2n) is 2.70. The Hall–Kier alpha value is -0.630. The van der Waals surface area contributed by atoms with Gasteiger partial charge in [-0.25, -0.2) is 0 Å². The summed E-state index contributed by atoms with van der Waals surface area (Å²) in [6.45, 7) is 6.81. The molecule has 0 saturated carbocycles. The minimum atomic E-state index is -0.856. The summed E-state index contributed by atoms with van der Waals surface area (Å²) in [5, 5.41) is 9.36. The Balaban J connectivity index is 3.87. The van der Waals surface area contributed by atoms with Crippen LogP contribution in [0.5, 0.6) is 0 Å². The summed E-state index contributed by atoms with van der Waals surface area (Å²) in [7, 11) is 0. The topological polar surface area (TPSA) is 37.3 Å². The van der Waals surface area contributed by atoms with Crippen molar-refractivity contribution < 1.29 is 9.90 Å². The number of carbonyl (C=O) groups excluding carboxylic acids is 1. The van der Waals surface area contributed by atoms with Gasteiger partial charge < -0.3 is 5.11 Å². The van der Waals surface area contributed by atoms with Crippen LogP contribution in [0.15, 0.2) is 12.7 Å². The lowest BCUT2D eigenvalue weighted by molar-refractivity contribution is -0.118. The zero-order chi connectivity index (χ0) is 8.20. The molecule has 0 spiro atoms. The summed E-state index contributed by atoms with van der Waals surface area (Å²) in [4.78, 5) is 10.7. The van der Waals surface area contributed by atoms with Crippen molar-refractivity contribution in [2.45, 2.75) is 32.3 Å². The predicted octanol–water partition coefficient (Wildman–Crippen LogP) is 1.29. The quantitative estimate of drug-likeness (QED) is 0.600. The van der Waals surface area contributed by atoms with Crippen LogP contribution in [0.4, 0.5) is 0 Å². The van der Waals surface area contributed by atoms with E-state index in [0.717, 1.165) is 0 Å². The van der Waals surface area contributed by atoms with Gasteiger partial charge in [-0.2, -0.15) is 0 Å². The third-order valence-electron chi connectivity index (χ3n) is 1.54. The summed E-state index contributed by atoms with van der Waals surface area (Å²) < 4.78 is 0. The van der Waals surface area contributed by atoms with Gasteiger partial charge in [0.2, 0.25) is 0 Å². The van der Waals surface area contributed by atoms with Crippen LogP contribution in [0.3, 0.4) is 0 Å². The van der Waals surface area contributed by atoms with E-state index in [0.29, 0.717) is 6.42 Å². The van der Waals surface area contributed by atoms with E-state index in [2.05, 4.69) is 6.58 Å². The number of hydrogen-bond acceptors (Lipinski definition) is 2. The third kappa shape index (κ3) is 3.41. The second-order valence-corrected chi connectivity index (χ2v) is 2.70. The van der Waals surface area contributed by atoms with Gasteiger partial charge in [-0.05, 0) is 19.4 Å². The fraction of sp³-hybridized carbons (Fsp3) is 0.625. The summed E-state index contributed by atoms with van der Waals surface area (Å²) in [5.41, 5.74) is -0.856. The zero-order valence-corrected chi connectivity index (χ0v) is 6.55. The van der Waals surface area contributed by atoms with Crippen molar-refractivity contribution in [3.05, 3.63) is 12.7 Å². The highest BCUT2D eigenvalue weighted by atomic mass is 16.3. The maximum atomic E-state index is 10.7. The fourth-order valence-corrected chi connectivity index (χ4v) is 0.573. The molecule has 0 aliphatic heterocycles. The number of aliphatic hydroxyl groups is 1. The molecule has 58 valence electrons. The second kappa shape index (κ2) is 3.52. The predicted molar refractivity (Wildman–Crippen MR) is 40.7 cm³/mol. The Kier molecular flexibility index (Phi) is 3.30. The molecular weight excluding hydrogens is 128 g/mol. The lowest BCUT2D eigenvalue weighted by Crippen LogP contribution is -2.25. The van der Waals surface area contributed by atoms with Crippen molar-refractivity contribution in [3.63, 3.8) is 0 Å². The molecule has 0 radical (unpaired) electrons. The van der Waals surface area contributed by atoms with Gasteiger partial charge >= 0.3 is 0 Å². The van der Waals surface area contributed by atoms with Gasteiger partial charge in [0.15, 0.2) is 5.78 Å². The number of rotatable bonds is 4. The molecule has 0 aromatic carbocycles. The van der Waals surface area contributed by atoms with Gasteiger partial charge in [-0.1, -0.05) is 13.5 Å². The summed E-state index contributed by atoms with van der Waals surface area (Å²) in [6.07, 6.45) is 2.00. The average molecular weight is 142 g/mol. The van der Waals surface area contributed by atoms with E-state index in [1.165, 1.54) is 6.08 Å². The zero-order valence-electron chi connectivity index (χ0n) is 6.55. The van der Waals surface area contributed by atoms with E-state index < -0.39 is 5.60 Å². The van der Waals surface area contributed by atoms with Crippen molar-refractivity contribution in [1.82, 2.24) is 0 Å². The first-order valence-electron chi connectivity index (χ1n) is 3.39. The van der Waals surface area contributed by atoms with E-state index in [1.54, 1.807) is 6.92 Å². The fourth-order valence-electron chi connectivity index (χ4n) is 0.573. The monoisotopic (exact) mass is 142 g/mol. The molecule has 0 bridgehead atoms. The number of ketones is 1. The largest absolute Gasteiger partial charge is 0.390 e. The van der Waals surface area contributed by atoms with Crippen molar-refractivity contribution in [3.8, 4) is 0 Å². The van der Waals surface area contributed by atoms with E-state index in [1.807, 2.05) is 6.92 Å². The van der Waals surface area contributed by atoms with Gasteiger partial charge in [0, 0.05) is 6.42 Å². The van der Waals surface area contributed by atoms with Gasteiger partial charge in [0.05, 0.1) is 5.60 Å². The van der Waals surface area contributed by atoms with E-state index in [4.69, 9.17) is 0 Å².